The summed E-state index contributed by atoms with van der Waals surface area (Å²) >= 11 is 0. The van der Waals surface area contributed by atoms with Gasteiger partial charge in [-0.15, -0.1) is 0 Å². The number of primary sulfonamides is 1. The zero-order valence-electron chi connectivity index (χ0n) is 13.7. The molecule has 3 N–H and O–H groups in total. The Kier molecular flexibility index (Phi) is 3.93. The van der Waals surface area contributed by atoms with Crippen LogP contribution in [0.2, 0.25) is 0 Å². The molecule has 0 amide bonds. The third-order valence-electron chi connectivity index (χ3n) is 3.96. The maximum Gasteiger partial charge on any atom is 0.238 e. The summed E-state index contributed by atoms with van der Waals surface area (Å²) in [5.74, 6) is 0.263. The molecule has 0 saturated carbocycles. The molecular formula is C18H17NO5S. The van der Waals surface area contributed by atoms with Crippen molar-refractivity contribution in [1.29, 1.82) is 0 Å². The molecule has 1 aliphatic rings. The van der Waals surface area contributed by atoms with Crippen LogP contribution in [0, 0.1) is 0 Å². The largest absolute Gasteiger partial charge is 0.508 e. The number of ketones is 1. The Labute approximate surface area is 145 Å². The van der Waals surface area contributed by atoms with Crippen LogP contribution in [-0.4, -0.2) is 24.9 Å². The first-order valence-electron chi connectivity index (χ1n) is 7.50. The van der Waals surface area contributed by atoms with Crippen LogP contribution in [0.4, 0.5) is 0 Å². The van der Waals surface area contributed by atoms with E-state index in [1.165, 1.54) is 24.3 Å². The lowest BCUT2D eigenvalue weighted by Crippen LogP contribution is -2.29. The van der Waals surface area contributed by atoms with Gasteiger partial charge in [-0.05, 0) is 55.8 Å². The number of sulfonamides is 1. The van der Waals surface area contributed by atoms with Gasteiger partial charge in [-0.25, -0.2) is 13.6 Å². The Morgan fingerprint density at radius 1 is 0.960 bits per heavy atom. The molecule has 130 valence electrons. The number of hydrogen-bond donors (Lipinski definition) is 2. The molecule has 0 bridgehead atoms. The Hall–Kier alpha value is -2.64. The van der Waals surface area contributed by atoms with Gasteiger partial charge in [0.05, 0.1) is 10.5 Å². The Morgan fingerprint density at radius 3 is 2.00 bits per heavy atom. The van der Waals surface area contributed by atoms with Crippen molar-refractivity contribution in [2.24, 2.45) is 5.14 Å². The number of phenols is 1. The minimum absolute atomic E-state index is 0.0217. The van der Waals surface area contributed by atoms with Crippen molar-refractivity contribution in [3.63, 3.8) is 0 Å². The SMILES string of the molecule is CC1(C)OC(c2ccc(S(N)(=O)=O)cc2)=C(c2ccc(O)cc2)C1=O. The minimum atomic E-state index is -3.80. The van der Waals surface area contributed by atoms with Crippen LogP contribution in [0.1, 0.15) is 25.0 Å². The van der Waals surface area contributed by atoms with Gasteiger partial charge in [0, 0.05) is 5.56 Å². The lowest BCUT2D eigenvalue weighted by Gasteiger charge is -2.17. The number of carbonyl (C=O) groups excluding carboxylic acids is 1. The predicted molar refractivity (Wildman–Crippen MR) is 92.9 cm³/mol. The standard InChI is InChI=1S/C18H17NO5S/c1-18(2)17(21)15(11-3-7-13(20)8-4-11)16(24-18)12-5-9-14(10-6-12)25(19,22)23/h3-10,20H,1-2H3,(H2,19,22,23). The molecule has 0 fully saturated rings. The predicted octanol–water partition coefficient (Wildman–Crippen LogP) is 2.29. The van der Waals surface area contributed by atoms with Gasteiger partial charge in [-0.2, -0.15) is 0 Å². The number of Topliss-reactive ketones (excluding diaryl/α,β-unsaturated/α-hetero) is 1. The first-order valence-corrected chi connectivity index (χ1v) is 9.05. The number of ether oxygens (including phenoxy) is 1. The molecule has 6 nitrogen and oxygen atoms in total. The van der Waals surface area contributed by atoms with Crippen LogP contribution in [0.5, 0.6) is 5.75 Å². The van der Waals surface area contributed by atoms with Crippen molar-refractivity contribution in [1.82, 2.24) is 0 Å². The number of rotatable bonds is 3. The summed E-state index contributed by atoms with van der Waals surface area (Å²) in [7, 11) is -3.80. The summed E-state index contributed by atoms with van der Waals surface area (Å²) in [4.78, 5) is 12.7. The monoisotopic (exact) mass is 359 g/mol. The molecule has 0 atom stereocenters. The average Bonchev–Trinajstić information content (AvgIpc) is 2.78. The first kappa shape index (κ1) is 17.2. The summed E-state index contributed by atoms with van der Waals surface area (Å²) in [6, 6.07) is 12.1. The third-order valence-corrected chi connectivity index (χ3v) is 4.89. The van der Waals surface area contributed by atoms with Crippen molar-refractivity contribution in [2.75, 3.05) is 0 Å². The number of aromatic hydroxyl groups is 1. The maximum atomic E-state index is 12.8. The van der Waals surface area contributed by atoms with Crippen molar-refractivity contribution in [3.8, 4) is 5.75 Å². The van der Waals surface area contributed by atoms with Crippen LogP contribution in [0.15, 0.2) is 53.4 Å². The molecule has 25 heavy (non-hydrogen) atoms. The highest BCUT2D eigenvalue weighted by Crippen LogP contribution is 2.41. The van der Waals surface area contributed by atoms with Gasteiger partial charge in [0.25, 0.3) is 0 Å². The summed E-state index contributed by atoms with van der Waals surface area (Å²) in [5.41, 5.74) is 0.517. The smallest absolute Gasteiger partial charge is 0.238 e. The van der Waals surface area contributed by atoms with E-state index in [-0.39, 0.29) is 16.4 Å². The van der Waals surface area contributed by atoms with Gasteiger partial charge in [-0.3, -0.25) is 4.79 Å². The van der Waals surface area contributed by atoms with Crippen LogP contribution in [-0.2, 0) is 19.6 Å². The van der Waals surface area contributed by atoms with E-state index >= 15 is 0 Å². The van der Waals surface area contributed by atoms with E-state index in [9.17, 15) is 18.3 Å². The first-order chi connectivity index (χ1) is 11.6. The molecule has 0 unspecified atom stereocenters. The lowest BCUT2D eigenvalue weighted by molar-refractivity contribution is -0.125. The van der Waals surface area contributed by atoms with Gasteiger partial charge in [0.2, 0.25) is 15.8 Å². The molecule has 0 saturated heterocycles. The average molecular weight is 359 g/mol. The minimum Gasteiger partial charge on any atom is -0.508 e. The molecule has 0 spiro atoms. The molecule has 2 aromatic carbocycles. The summed E-state index contributed by atoms with van der Waals surface area (Å²) in [6.45, 7) is 3.34. The van der Waals surface area contributed by atoms with E-state index < -0.39 is 15.6 Å². The second-order valence-corrected chi connectivity index (χ2v) is 7.82. The normalized spacial score (nSPS) is 16.8. The molecule has 0 aliphatic carbocycles. The maximum absolute atomic E-state index is 12.8. The van der Waals surface area contributed by atoms with E-state index in [4.69, 9.17) is 9.88 Å². The summed E-state index contributed by atoms with van der Waals surface area (Å²) < 4.78 is 28.6. The summed E-state index contributed by atoms with van der Waals surface area (Å²) in [6.07, 6.45) is 0. The number of benzene rings is 2. The van der Waals surface area contributed by atoms with Crippen molar-refractivity contribution in [3.05, 3.63) is 59.7 Å². The number of carbonyl (C=O) groups is 1. The van der Waals surface area contributed by atoms with E-state index in [0.29, 0.717) is 22.5 Å². The number of hydrogen-bond acceptors (Lipinski definition) is 5. The van der Waals surface area contributed by atoms with Crippen molar-refractivity contribution < 1.29 is 23.1 Å². The molecule has 3 rings (SSSR count). The Morgan fingerprint density at radius 2 is 1.48 bits per heavy atom. The lowest BCUT2D eigenvalue weighted by atomic mass is 9.92. The molecule has 0 radical (unpaired) electrons. The van der Waals surface area contributed by atoms with Gasteiger partial charge < -0.3 is 9.84 Å². The van der Waals surface area contributed by atoms with Crippen molar-refractivity contribution in [2.45, 2.75) is 24.3 Å². The fourth-order valence-corrected chi connectivity index (χ4v) is 3.16. The van der Waals surface area contributed by atoms with Crippen molar-refractivity contribution >= 4 is 27.1 Å². The number of phenolic OH excluding ortho intramolecular Hbond substituents is 1. The zero-order valence-corrected chi connectivity index (χ0v) is 14.5. The summed E-state index contributed by atoms with van der Waals surface area (Å²) in [5, 5.41) is 14.6. The molecule has 1 heterocycles. The van der Waals surface area contributed by atoms with Gasteiger partial charge in [0.15, 0.2) is 5.60 Å². The highest BCUT2D eigenvalue weighted by Gasteiger charge is 2.42. The third kappa shape index (κ3) is 3.16. The van der Waals surface area contributed by atoms with Gasteiger partial charge >= 0.3 is 0 Å². The van der Waals surface area contributed by atoms with Gasteiger partial charge in [0.1, 0.15) is 11.5 Å². The highest BCUT2D eigenvalue weighted by molar-refractivity contribution is 7.89. The van der Waals surface area contributed by atoms with Crippen LogP contribution in [0.3, 0.4) is 0 Å². The van der Waals surface area contributed by atoms with E-state index in [0.717, 1.165) is 0 Å². The van der Waals surface area contributed by atoms with E-state index in [1.54, 1.807) is 38.1 Å². The van der Waals surface area contributed by atoms with Crippen LogP contribution in [0.25, 0.3) is 11.3 Å². The molecule has 1 aliphatic heterocycles. The Bertz CT molecular complexity index is 971. The van der Waals surface area contributed by atoms with Crippen LogP contribution < -0.4 is 5.14 Å². The molecule has 2 aromatic rings. The molecule has 0 aromatic heterocycles. The quantitative estimate of drug-likeness (QED) is 0.874. The molecular weight excluding hydrogens is 342 g/mol. The Balaban J connectivity index is 2.15. The second-order valence-electron chi connectivity index (χ2n) is 6.26. The van der Waals surface area contributed by atoms with E-state index in [2.05, 4.69) is 0 Å². The fourth-order valence-electron chi connectivity index (χ4n) is 2.65. The van der Waals surface area contributed by atoms with Gasteiger partial charge in [-0.1, -0.05) is 12.1 Å². The highest BCUT2D eigenvalue weighted by atomic mass is 32.2. The zero-order chi connectivity index (χ0) is 18.4. The fraction of sp³-hybridized carbons (Fsp3) is 0.167. The molecule has 7 heteroatoms. The van der Waals surface area contributed by atoms with Crippen LogP contribution >= 0.6 is 0 Å². The van der Waals surface area contributed by atoms with E-state index in [1.807, 2.05) is 0 Å². The second kappa shape index (κ2) is 5.72. The number of nitrogens with two attached hydrogens (primary N) is 1. The topological polar surface area (TPSA) is 107 Å².